The number of hydrogen-bond acceptors (Lipinski definition) is 3. The van der Waals surface area contributed by atoms with Crippen LogP contribution in [-0.4, -0.2) is 16.9 Å². The molecule has 1 amide bonds. The molecule has 2 atom stereocenters. The molecule has 2 rings (SSSR count). The highest BCUT2D eigenvalue weighted by Gasteiger charge is 2.28. The van der Waals surface area contributed by atoms with Gasteiger partial charge in [0.25, 0.3) is 11.6 Å². The van der Waals surface area contributed by atoms with Crippen molar-refractivity contribution in [2.24, 2.45) is 5.92 Å². The van der Waals surface area contributed by atoms with Crippen molar-refractivity contribution in [1.82, 2.24) is 5.32 Å². The van der Waals surface area contributed by atoms with Crippen LogP contribution in [-0.2, 0) is 0 Å². The minimum atomic E-state index is -0.443. The molecule has 0 saturated heterocycles. The molecular formula is C16H21IN2O3. The summed E-state index contributed by atoms with van der Waals surface area (Å²) in [5.41, 5.74) is 0.537. The monoisotopic (exact) mass is 416 g/mol. The summed E-state index contributed by atoms with van der Waals surface area (Å²) in [5, 5.41) is 13.9. The van der Waals surface area contributed by atoms with Crippen LogP contribution < -0.4 is 5.32 Å². The van der Waals surface area contributed by atoms with Gasteiger partial charge in [-0.25, -0.2) is 0 Å². The summed E-state index contributed by atoms with van der Waals surface area (Å²) in [4.78, 5) is 22.8. The van der Waals surface area contributed by atoms with E-state index in [9.17, 15) is 14.9 Å². The molecule has 0 radical (unpaired) electrons. The lowest BCUT2D eigenvalue weighted by atomic mass is 9.96. The van der Waals surface area contributed by atoms with Crippen LogP contribution in [0.4, 0.5) is 5.69 Å². The van der Waals surface area contributed by atoms with E-state index >= 15 is 0 Å². The number of amides is 1. The van der Waals surface area contributed by atoms with Gasteiger partial charge in [0, 0.05) is 21.7 Å². The molecule has 1 saturated carbocycles. The molecule has 1 aliphatic rings. The van der Waals surface area contributed by atoms with Crippen LogP contribution in [0.25, 0.3) is 0 Å². The third-order valence-electron chi connectivity index (χ3n) is 4.31. The Morgan fingerprint density at radius 1 is 1.45 bits per heavy atom. The highest BCUT2D eigenvalue weighted by atomic mass is 127. The number of nitro groups is 1. The predicted octanol–water partition coefficient (Wildman–Crippen LogP) is 4.29. The standard InChI is InChI=1S/C16H21IN2O3/c1-2-3-5-11-6-4-7-15(11)18-16(20)13-9-8-12(19(21)22)10-14(13)17/h8-11,15H,2-7H2,1H3,(H,18,20). The van der Waals surface area contributed by atoms with Gasteiger partial charge in [-0.15, -0.1) is 0 Å². The fraction of sp³-hybridized carbons (Fsp3) is 0.562. The van der Waals surface area contributed by atoms with Crippen molar-refractivity contribution in [2.45, 2.75) is 51.5 Å². The van der Waals surface area contributed by atoms with E-state index in [-0.39, 0.29) is 17.6 Å². The molecule has 6 heteroatoms. The van der Waals surface area contributed by atoms with Crippen LogP contribution in [0.2, 0.25) is 0 Å². The van der Waals surface area contributed by atoms with Crippen LogP contribution >= 0.6 is 22.6 Å². The van der Waals surface area contributed by atoms with Crippen LogP contribution in [0.1, 0.15) is 55.8 Å². The SMILES string of the molecule is CCCCC1CCCC1NC(=O)c1ccc([N+](=O)[O-])cc1I. The predicted molar refractivity (Wildman–Crippen MR) is 93.9 cm³/mol. The fourth-order valence-electron chi connectivity index (χ4n) is 3.09. The van der Waals surface area contributed by atoms with Gasteiger partial charge in [-0.3, -0.25) is 14.9 Å². The molecule has 22 heavy (non-hydrogen) atoms. The smallest absolute Gasteiger partial charge is 0.270 e. The number of halogens is 1. The Morgan fingerprint density at radius 2 is 2.23 bits per heavy atom. The van der Waals surface area contributed by atoms with E-state index in [4.69, 9.17) is 0 Å². The van der Waals surface area contributed by atoms with Crippen molar-refractivity contribution in [1.29, 1.82) is 0 Å². The lowest BCUT2D eigenvalue weighted by Gasteiger charge is -2.21. The summed E-state index contributed by atoms with van der Waals surface area (Å²) in [6.07, 6.45) is 6.92. The molecule has 0 aliphatic heterocycles. The fourth-order valence-corrected chi connectivity index (χ4v) is 3.83. The number of nitro benzene ring substituents is 1. The molecule has 0 spiro atoms. The van der Waals surface area contributed by atoms with E-state index in [0.717, 1.165) is 12.8 Å². The first-order valence-corrected chi connectivity index (χ1v) is 8.85. The minimum absolute atomic E-state index is 0.0163. The molecule has 0 bridgehead atoms. The first kappa shape index (κ1) is 17.2. The molecule has 1 fully saturated rings. The topological polar surface area (TPSA) is 72.2 Å². The maximum atomic E-state index is 12.4. The van der Waals surface area contributed by atoms with Crippen LogP contribution in [0, 0.1) is 19.6 Å². The molecule has 120 valence electrons. The zero-order valence-corrected chi connectivity index (χ0v) is 14.8. The van der Waals surface area contributed by atoms with Crippen LogP contribution in [0.3, 0.4) is 0 Å². The van der Waals surface area contributed by atoms with E-state index in [1.165, 1.54) is 37.8 Å². The van der Waals surface area contributed by atoms with Crippen LogP contribution in [0.5, 0.6) is 0 Å². The summed E-state index contributed by atoms with van der Waals surface area (Å²) in [6.45, 7) is 2.18. The quantitative estimate of drug-likeness (QED) is 0.427. The van der Waals surface area contributed by atoms with E-state index in [2.05, 4.69) is 12.2 Å². The van der Waals surface area contributed by atoms with Crippen LogP contribution in [0.15, 0.2) is 18.2 Å². The molecule has 1 aliphatic carbocycles. The zero-order valence-electron chi connectivity index (χ0n) is 12.7. The third-order valence-corrected chi connectivity index (χ3v) is 5.20. The van der Waals surface area contributed by atoms with Crippen molar-refractivity contribution in [3.05, 3.63) is 37.4 Å². The molecule has 1 aromatic carbocycles. The number of unbranched alkanes of at least 4 members (excludes halogenated alkanes) is 1. The number of non-ortho nitro benzene ring substituents is 1. The molecule has 1 N–H and O–H groups in total. The number of nitrogens with one attached hydrogen (secondary N) is 1. The minimum Gasteiger partial charge on any atom is -0.349 e. The molecule has 5 nitrogen and oxygen atoms in total. The highest BCUT2D eigenvalue weighted by Crippen LogP contribution is 2.30. The second-order valence-corrected chi connectivity index (χ2v) is 7.00. The van der Waals surface area contributed by atoms with Crippen molar-refractivity contribution in [3.8, 4) is 0 Å². The number of hydrogen-bond donors (Lipinski definition) is 1. The largest absolute Gasteiger partial charge is 0.349 e. The number of carbonyl (C=O) groups is 1. The van der Waals surface area contributed by atoms with Gasteiger partial charge in [-0.1, -0.05) is 26.2 Å². The molecule has 0 aromatic heterocycles. The second-order valence-electron chi connectivity index (χ2n) is 5.83. The summed E-state index contributed by atoms with van der Waals surface area (Å²) in [6, 6.07) is 4.62. The summed E-state index contributed by atoms with van der Waals surface area (Å²) < 4.78 is 0.618. The van der Waals surface area contributed by atoms with Crippen molar-refractivity contribution in [3.63, 3.8) is 0 Å². The lowest BCUT2D eigenvalue weighted by Crippen LogP contribution is -2.37. The van der Waals surface area contributed by atoms with Gasteiger partial charge in [0.15, 0.2) is 0 Å². The number of nitrogens with zero attached hydrogens (tertiary/aromatic N) is 1. The normalized spacial score (nSPS) is 20.8. The Labute approximate surface area is 144 Å². The zero-order chi connectivity index (χ0) is 16.1. The van der Waals surface area contributed by atoms with Crippen molar-refractivity contribution >= 4 is 34.2 Å². The number of benzene rings is 1. The molecule has 2 unspecified atom stereocenters. The van der Waals surface area contributed by atoms with E-state index < -0.39 is 4.92 Å². The van der Waals surface area contributed by atoms with Gasteiger partial charge < -0.3 is 5.32 Å². The Hall–Kier alpha value is -1.18. The van der Waals surface area contributed by atoms with Gasteiger partial charge in [0.1, 0.15) is 0 Å². The maximum Gasteiger partial charge on any atom is 0.270 e. The Morgan fingerprint density at radius 3 is 2.86 bits per heavy atom. The van der Waals surface area contributed by atoms with Gasteiger partial charge in [0.2, 0.25) is 0 Å². The number of carbonyl (C=O) groups excluding carboxylic acids is 1. The van der Waals surface area contributed by atoms with Gasteiger partial charge in [0.05, 0.1) is 10.5 Å². The Kier molecular flexibility index (Phi) is 6.16. The Bertz CT molecular complexity index is 562. The average Bonchev–Trinajstić information content (AvgIpc) is 2.91. The second kappa shape index (κ2) is 7.89. The van der Waals surface area contributed by atoms with Gasteiger partial charge in [-0.05, 0) is 53.8 Å². The lowest BCUT2D eigenvalue weighted by molar-refractivity contribution is -0.384. The van der Waals surface area contributed by atoms with Crippen molar-refractivity contribution < 1.29 is 9.72 Å². The van der Waals surface area contributed by atoms with E-state index in [1.807, 2.05) is 22.6 Å². The molecule has 1 aromatic rings. The van der Waals surface area contributed by atoms with Crippen molar-refractivity contribution in [2.75, 3.05) is 0 Å². The summed E-state index contributed by atoms with van der Waals surface area (Å²) >= 11 is 1.98. The molecule has 0 heterocycles. The summed E-state index contributed by atoms with van der Waals surface area (Å²) in [7, 11) is 0. The first-order chi connectivity index (χ1) is 10.5. The molecular weight excluding hydrogens is 395 g/mol. The Balaban J connectivity index is 2.04. The van der Waals surface area contributed by atoms with E-state index in [0.29, 0.717) is 15.1 Å². The summed E-state index contributed by atoms with van der Waals surface area (Å²) in [5.74, 6) is 0.451. The first-order valence-electron chi connectivity index (χ1n) is 7.77. The maximum absolute atomic E-state index is 12.4. The van der Waals surface area contributed by atoms with Gasteiger partial charge >= 0.3 is 0 Å². The number of rotatable bonds is 6. The van der Waals surface area contributed by atoms with E-state index in [1.54, 1.807) is 6.07 Å². The highest BCUT2D eigenvalue weighted by molar-refractivity contribution is 14.1. The average molecular weight is 416 g/mol. The third kappa shape index (κ3) is 4.18. The van der Waals surface area contributed by atoms with Gasteiger partial charge in [-0.2, -0.15) is 0 Å².